The van der Waals surface area contributed by atoms with Crippen molar-refractivity contribution in [2.75, 3.05) is 14.1 Å². The molecule has 0 aliphatic rings. The molecule has 0 unspecified atom stereocenters. The number of carbonyl (C=O) groups is 1. The van der Waals surface area contributed by atoms with E-state index in [1.807, 2.05) is 42.5 Å². The van der Waals surface area contributed by atoms with Gasteiger partial charge in [0, 0.05) is 43.4 Å². The van der Waals surface area contributed by atoms with Crippen LogP contribution in [0.15, 0.2) is 71.5 Å². The maximum atomic E-state index is 12.1. The molecule has 0 atom stereocenters. The Morgan fingerprint density at radius 2 is 1.57 bits per heavy atom. The van der Waals surface area contributed by atoms with Gasteiger partial charge in [0.1, 0.15) is 11.4 Å². The zero-order valence-electron chi connectivity index (χ0n) is 16.7. The predicted molar refractivity (Wildman–Crippen MR) is 114 cm³/mol. The van der Waals surface area contributed by atoms with Crippen molar-refractivity contribution in [2.45, 2.75) is 6.54 Å². The number of aromatic nitrogens is 3. The number of nitrogens with zero attached hydrogens (tertiary/aromatic N) is 4. The molecule has 0 radical (unpaired) electrons. The fourth-order valence-corrected chi connectivity index (χ4v) is 3.01. The molecule has 150 valence electrons. The third-order valence-electron chi connectivity index (χ3n) is 4.72. The summed E-state index contributed by atoms with van der Waals surface area (Å²) in [5.74, 6) is 0.483. The highest BCUT2D eigenvalue weighted by molar-refractivity contribution is 5.94. The van der Waals surface area contributed by atoms with Gasteiger partial charge in [-0.2, -0.15) is 0 Å². The van der Waals surface area contributed by atoms with E-state index < -0.39 is 0 Å². The third-order valence-corrected chi connectivity index (χ3v) is 4.72. The molecule has 0 aliphatic heterocycles. The van der Waals surface area contributed by atoms with Crippen molar-refractivity contribution in [2.24, 2.45) is 5.73 Å². The predicted octanol–water partition coefficient (Wildman–Crippen LogP) is 3.63. The lowest BCUT2D eigenvalue weighted by Gasteiger charge is -2.10. The maximum absolute atomic E-state index is 12.1. The first-order valence-corrected chi connectivity index (χ1v) is 9.46. The minimum Gasteiger partial charge on any atom is -0.354 e. The molecule has 1 amide bonds. The second-order valence-corrected chi connectivity index (χ2v) is 7.04. The van der Waals surface area contributed by atoms with Crippen LogP contribution in [-0.4, -0.2) is 40.0 Å². The van der Waals surface area contributed by atoms with E-state index in [-0.39, 0.29) is 5.91 Å². The summed E-state index contributed by atoms with van der Waals surface area (Å²) in [5.41, 5.74) is 11.1. The Morgan fingerprint density at radius 3 is 2.23 bits per heavy atom. The van der Waals surface area contributed by atoms with Crippen molar-refractivity contribution >= 4 is 5.91 Å². The van der Waals surface area contributed by atoms with Crippen molar-refractivity contribution in [3.63, 3.8) is 0 Å². The first-order valence-electron chi connectivity index (χ1n) is 9.46. The zero-order valence-corrected chi connectivity index (χ0v) is 16.7. The van der Waals surface area contributed by atoms with Crippen LogP contribution in [0.5, 0.6) is 0 Å². The van der Waals surface area contributed by atoms with Crippen LogP contribution in [0.4, 0.5) is 0 Å². The average molecular weight is 399 g/mol. The van der Waals surface area contributed by atoms with Gasteiger partial charge in [0.25, 0.3) is 5.91 Å². The molecular formula is C23H21N5O2. The minimum absolute atomic E-state index is 0.0462. The van der Waals surface area contributed by atoms with Gasteiger partial charge in [0.2, 0.25) is 0 Å². The van der Waals surface area contributed by atoms with Crippen LogP contribution in [0.3, 0.4) is 0 Å². The molecule has 7 heteroatoms. The molecule has 0 fully saturated rings. The van der Waals surface area contributed by atoms with Crippen molar-refractivity contribution < 1.29 is 9.32 Å². The molecule has 2 heterocycles. The number of rotatable bonds is 5. The van der Waals surface area contributed by atoms with Gasteiger partial charge >= 0.3 is 0 Å². The fraction of sp³-hybridized carbons (Fsp3) is 0.130. The third kappa shape index (κ3) is 3.97. The number of nitrogens with two attached hydrogens (primary N) is 1. The molecule has 0 aliphatic carbocycles. The lowest BCUT2D eigenvalue weighted by molar-refractivity contribution is 0.0827. The summed E-state index contributed by atoms with van der Waals surface area (Å²) in [5, 5.41) is 4.15. The van der Waals surface area contributed by atoms with Gasteiger partial charge < -0.3 is 15.2 Å². The van der Waals surface area contributed by atoms with E-state index in [0.29, 0.717) is 35.0 Å². The highest BCUT2D eigenvalue weighted by Crippen LogP contribution is 2.26. The quantitative estimate of drug-likeness (QED) is 0.550. The topological polar surface area (TPSA) is 98.1 Å². The standard InChI is InChI=1S/C23H21N5O2/c1-28(2)23(29)18-9-7-17(8-10-18)20-13-25-14-21(26-20)22-11-19(27-30-22)16-5-3-15(12-24)4-6-16/h3-11,13-14H,12,24H2,1-2H3. The molecule has 0 spiro atoms. The van der Waals surface area contributed by atoms with E-state index in [9.17, 15) is 4.79 Å². The van der Waals surface area contributed by atoms with Crippen molar-refractivity contribution in [3.05, 3.63) is 78.1 Å². The number of amides is 1. The van der Waals surface area contributed by atoms with Crippen molar-refractivity contribution in [1.29, 1.82) is 0 Å². The zero-order chi connectivity index (χ0) is 21.1. The Hall–Kier alpha value is -3.84. The van der Waals surface area contributed by atoms with Crippen LogP contribution < -0.4 is 5.73 Å². The normalized spacial score (nSPS) is 10.8. The minimum atomic E-state index is -0.0462. The Morgan fingerprint density at radius 1 is 0.933 bits per heavy atom. The number of benzene rings is 2. The average Bonchev–Trinajstić information content (AvgIpc) is 3.29. The summed E-state index contributed by atoms with van der Waals surface area (Å²) in [6.07, 6.45) is 3.31. The van der Waals surface area contributed by atoms with Crippen LogP contribution >= 0.6 is 0 Å². The van der Waals surface area contributed by atoms with E-state index in [1.165, 1.54) is 0 Å². The number of hydrogen-bond acceptors (Lipinski definition) is 6. The lowest BCUT2D eigenvalue weighted by Crippen LogP contribution is -2.21. The maximum Gasteiger partial charge on any atom is 0.253 e. The number of hydrogen-bond donors (Lipinski definition) is 1. The molecule has 30 heavy (non-hydrogen) atoms. The summed E-state index contributed by atoms with van der Waals surface area (Å²) in [6, 6.07) is 17.0. The Balaban J connectivity index is 1.59. The van der Waals surface area contributed by atoms with E-state index in [2.05, 4.69) is 15.1 Å². The molecule has 2 N–H and O–H groups in total. The van der Waals surface area contributed by atoms with Gasteiger partial charge in [0.05, 0.1) is 18.1 Å². The van der Waals surface area contributed by atoms with Crippen LogP contribution in [0, 0.1) is 0 Å². The van der Waals surface area contributed by atoms with Crippen LogP contribution in [0.1, 0.15) is 15.9 Å². The monoisotopic (exact) mass is 399 g/mol. The largest absolute Gasteiger partial charge is 0.354 e. The summed E-state index contributed by atoms with van der Waals surface area (Å²) in [6.45, 7) is 0.497. The molecule has 0 saturated heterocycles. The van der Waals surface area contributed by atoms with E-state index >= 15 is 0 Å². The van der Waals surface area contributed by atoms with Gasteiger partial charge in [-0.1, -0.05) is 41.6 Å². The van der Waals surface area contributed by atoms with Crippen LogP contribution in [0.2, 0.25) is 0 Å². The van der Waals surface area contributed by atoms with Gasteiger partial charge in [-0.25, -0.2) is 4.98 Å². The molecule has 2 aromatic carbocycles. The molecule has 0 bridgehead atoms. The second-order valence-electron chi connectivity index (χ2n) is 7.04. The molecule has 4 aromatic rings. The first kappa shape index (κ1) is 19.5. The molecular weight excluding hydrogens is 378 g/mol. The molecule has 4 rings (SSSR count). The van der Waals surface area contributed by atoms with Crippen molar-refractivity contribution in [3.8, 4) is 34.0 Å². The lowest BCUT2D eigenvalue weighted by atomic mass is 10.1. The Labute approximate surface area is 174 Å². The summed E-state index contributed by atoms with van der Waals surface area (Å²) < 4.78 is 5.50. The van der Waals surface area contributed by atoms with Gasteiger partial charge in [0.15, 0.2) is 5.76 Å². The van der Waals surface area contributed by atoms with Crippen LogP contribution in [-0.2, 0) is 6.54 Å². The summed E-state index contributed by atoms with van der Waals surface area (Å²) in [7, 11) is 3.45. The van der Waals surface area contributed by atoms with Gasteiger partial charge in [-0.3, -0.25) is 9.78 Å². The smallest absolute Gasteiger partial charge is 0.253 e. The van der Waals surface area contributed by atoms with E-state index in [1.54, 1.807) is 43.5 Å². The van der Waals surface area contributed by atoms with Gasteiger partial charge in [-0.05, 0) is 17.7 Å². The molecule has 7 nitrogen and oxygen atoms in total. The van der Waals surface area contributed by atoms with E-state index in [0.717, 1.165) is 16.7 Å². The summed E-state index contributed by atoms with van der Waals surface area (Å²) in [4.78, 5) is 22.5. The SMILES string of the molecule is CN(C)C(=O)c1ccc(-c2cncc(-c3cc(-c4ccc(CN)cc4)no3)n2)cc1. The highest BCUT2D eigenvalue weighted by Gasteiger charge is 2.13. The molecule has 0 saturated carbocycles. The summed E-state index contributed by atoms with van der Waals surface area (Å²) >= 11 is 0. The number of carbonyl (C=O) groups excluding carboxylic acids is 1. The van der Waals surface area contributed by atoms with Crippen molar-refractivity contribution in [1.82, 2.24) is 20.0 Å². The van der Waals surface area contributed by atoms with Crippen LogP contribution in [0.25, 0.3) is 34.0 Å². The first-order chi connectivity index (χ1) is 14.5. The molecule has 2 aromatic heterocycles. The Kier molecular flexibility index (Phi) is 5.36. The van der Waals surface area contributed by atoms with Gasteiger partial charge in [-0.15, -0.1) is 0 Å². The highest BCUT2D eigenvalue weighted by atomic mass is 16.5. The Bertz CT molecular complexity index is 1160. The fourth-order valence-electron chi connectivity index (χ4n) is 3.01. The second kappa shape index (κ2) is 8.26. The van der Waals surface area contributed by atoms with E-state index in [4.69, 9.17) is 10.3 Å².